The molecule has 0 aliphatic carbocycles. The molecule has 2 rings (SSSR count). The molecule has 23 heavy (non-hydrogen) atoms. The van der Waals surface area contributed by atoms with Gasteiger partial charge in [0.15, 0.2) is 16.4 Å². The first-order valence-corrected chi connectivity index (χ1v) is 10.00. The van der Waals surface area contributed by atoms with Gasteiger partial charge in [-0.05, 0) is 25.0 Å². The Morgan fingerprint density at radius 1 is 1.39 bits per heavy atom. The van der Waals surface area contributed by atoms with Gasteiger partial charge < -0.3 is 9.64 Å². The monoisotopic (exact) mass is 359 g/mol. The van der Waals surface area contributed by atoms with Crippen molar-refractivity contribution >= 4 is 27.3 Å². The number of amides is 1. The van der Waals surface area contributed by atoms with Gasteiger partial charge in [0, 0.05) is 12.6 Å². The quantitative estimate of drug-likeness (QED) is 0.750. The van der Waals surface area contributed by atoms with E-state index in [2.05, 4.69) is 0 Å². The highest BCUT2D eigenvalue weighted by atomic mass is 35.5. The van der Waals surface area contributed by atoms with Crippen LogP contribution >= 0.6 is 11.6 Å². The van der Waals surface area contributed by atoms with Crippen molar-refractivity contribution in [3.63, 3.8) is 0 Å². The zero-order valence-electron chi connectivity index (χ0n) is 13.2. The third-order valence-corrected chi connectivity index (χ3v) is 5.97. The molecule has 1 saturated heterocycles. The highest BCUT2D eigenvalue weighted by molar-refractivity contribution is 7.91. The van der Waals surface area contributed by atoms with E-state index < -0.39 is 9.84 Å². The maximum atomic E-state index is 12.5. The average molecular weight is 360 g/mol. The van der Waals surface area contributed by atoms with Gasteiger partial charge in [-0.3, -0.25) is 4.79 Å². The first-order valence-electron chi connectivity index (χ1n) is 7.80. The number of para-hydroxylation sites is 1. The fourth-order valence-electron chi connectivity index (χ4n) is 2.64. The molecule has 1 aromatic carbocycles. The molecular formula is C16H22ClNO4S. The predicted molar refractivity (Wildman–Crippen MR) is 90.6 cm³/mol. The maximum absolute atomic E-state index is 12.5. The van der Waals surface area contributed by atoms with Gasteiger partial charge in [0.05, 0.1) is 16.5 Å². The summed E-state index contributed by atoms with van der Waals surface area (Å²) in [5.74, 6) is 0.463. The molecule has 1 fully saturated rings. The summed E-state index contributed by atoms with van der Waals surface area (Å²) in [6.45, 7) is 2.46. The summed E-state index contributed by atoms with van der Waals surface area (Å²) in [7, 11) is -3.03. The lowest BCUT2D eigenvalue weighted by Gasteiger charge is -2.28. The molecule has 1 aliphatic heterocycles. The zero-order valence-corrected chi connectivity index (χ0v) is 14.8. The van der Waals surface area contributed by atoms with Crippen molar-refractivity contribution < 1.29 is 17.9 Å². The van der Waals surface area contributed by atoms with Crippen molar-refractivity contribution in [2.45, 2.75) is 32.2 Å². The number of carbonyl (C=O) groups is 1. The van der Waals surface area contributed by atoms with Crippen LogP contribution in [-0.2, 0) is 14.6 Å². The number of nitrogens with zero attached hydrogens (tertiary/aromatic N) is 1. The number of halogens is 1. The highest BCUT2D eigenvalue weighted by Crippen LogP contribution is 2.24. The van der Waals surface area contributed by atoms with Gasteiger partial charge in [-0.25, -0.2) is 8.42 Å². The summed E-state index contributed by atoms with van der Waals surface area (Å²) in [5, 5.41) is 0.448. The molecule has 7 heteroatoms. The second-order valence-corrected chi connectivity index (χ2v) is 8.35. The minimum Gasteiger partial charge on any atom is -0.482 e. The van der Waals surface area contributed by atoms with E-state index in [1.54, 1.807) is 29.2 Å². The summed E-state index contributed by atoms with van der Waals surface area (Å²) in [5.41, 5.74) is 0. The van der Waals surface area contributed by atoms with Gasteiger partial charge in [-0.2, -0.15) is 0 Å². The van der Waals surface area contributed by atoms with E-state index in [0.29, 0.717) is 23.7 Å². The van der Waals surface area contributed by atoms with Crippen LogP contribution in [-0.4, -0.2) is 49.9 Å². The van der Waals surface area contributed by atoms with Crippen LogP contribution in [0.4, 0.5) is 0 Å². The second-order valence-electron chi connectivity index (χ2n) is 5.72. The van der Waals surface area contributed by atoms with E-state index in [9.17, 15) is 13.2 Å². The Bertz CT molecular complexity index is 647. The Balaban J connectivity index is 2.00. The minimum atomic E-state index is -3.03. The summed E-state index contributed by atoms with van der Waals surface area (Å²) >= 11 is 6.01. The third-order valence-electron chi connectivity index (χ3n) is 3.91. The fourth-order valence-corrected chi connectivity index (χ4v) is 4.57. The van der Waals surface area contributed by atoms with Gasteiger partial charge in [-0.15, -0.1) is 0 Å². The molecule has 0 saturated carbocycles. The van der Waals surface area contributed by atoms with Crippen molar-refractivity contribution in [3.05, 3.63) is 29.3 Å². The molecular weight excluding hydrogens is 338 g/mol. The molecule has 1 aliphatic rings. The van der Waals surface area contributed by atoms with Crippen LogP contribution in [0.15, 0.2) is 24.3 Å². The van der Waals surface area contributed by atoms with E-state index in [1.807, 2.05) is 6.92 Å². The normalized spacial score (nSPS) is 19.5. The fraction of sp³-hybridized carbons (Fsp3) is 0.562. The number of rotatable bonds is 7. The van der Waals surface area contributed by atoms with E-state index >= 15 is 0 Å². The summed E-state index contributed by atoms with van der Waals surface area (Å²) in [4.78, 5) is 14.2. The molecule has 0 N–H and O–H groups in total. The minimum absolute atomic E-state index is 0.0501. The van der Waals surface area contributed by atoms with Gasteiger partial charge in [0.25, 0.3) is 5.91 Å². The number of hydrogen-bond donors (Lipinski definition) is 0. The number of carbonyl (C=O) groups excluding carboxylic acids is 1. The molecule has 0 radical (unpaired) electrons. The Hall–Kier alpha value is -1.27. The molecule has 0 bridgehead atoms. The summed E-state index contributed by atoms with van der Waals surface area (Å²) < 4.78 is 28.9. The van der Waals surface area contributed by atoms with E-state index in [-0.39, 0.29) is 30.1 Å². The Morgan fingerprint density at radius 3 is 2.74 bits per heavy atom. The van der Waals surface area contributed by atoms with Gasteiger partial charge in [-0.1, -0.05) is 37.1 Å². The van der Waals surface area contributed by atoms with Crippen molar-refractivity contribution in [2.75, 3.05) is 24.7 Å². The molecule has 5 nitrogen and oxygen atoms in total. The van der Waals surface area contributed by atoms with Crippen molar-refractivity contribution in [3.8, 4) is 5.75 Å². The molecule has 1 amide bonds. The highest BCUT2D eigenvalue weighted by Gasteiger charge is 2.34. The summed E-state index contributed by atoms with van der Waals surface area (Å²) in [6.07, 6.45) is 2.28. The average Bonchev–Trinajstić information content (AvgIpc) is 2.87. The standard InChI is InChI=1S/C16H22ClNO4S/c1-2-3-9-18(13-8-10-23(20,21)12-13)16(19)11-22-15-7-5-4-6-14(15)17/h4-7,13H,2-3,8-12H2,1H3. The Labute approximate surface area is 142 Å². The van der Waals surface area contributed by atoms with Gasteiger partial charge in [0.2, 0.25) is 0 Å². The van der Waals surface area contributed by atoms with Gasteiger partial charge >= 0.3 is 0 Å². The van der Waals surface area contributed by atoms with Crippen molar-refractivity contribution in [1.29, 1.82) is 0 Å². The number of unbranched alkanes of at least 4 members (excludes halogenated alkanes) is 1. The lowest BCUT2D eigenvalue weighted by atomic mass is 10.2. The molecule has 128 valence electrons. The lowest BCUT2D eigenvalue weighted by Crippen LogP contribution is -2.44. The zero-order chi connectivity index (χ0) is 16.9. The lowest BCUT2D eigenvalue weighted by molar-refractivity contribution is -0.135. The predicted octanol–water partition coefficient (Wildman–Crippen LogP) is 2.53. The number of benzene rings is 1. The summed E-state index contributed by atoms with van der Waals surface area (Å²) in [6, 6.07) is 6.72. The Kier molecular flexibility index (Phi) is 6.30. The smallest absolute Gasteiger partial charge is 0.260 e. The third kappa shape index (κ3) is 5.11. The topological polar surface area (TPSA) is 63.7 Å². The Morgan fingerprint density at radius 2 is 2.13 bits per heavy atom. The maximum Gasteiger partial charge on any atom is 0.260 e. The van der Waals surface area contributed by atoms with Crippen LogP contribution in [0.3, 0.4) is 0 Å². The second kappa shape index (κ2) is 8.02. The van der Waals surface area contributed by atoms with Crippen LogP contribution in [0.5, 0.6) is 5.75 Å². The molecule has 1 atom stereocenters. The van der Waals surface area contributed by atoms with Crippen molar-refractivity contribution in [2.24, 2.45) is 0 Å². The van der Waals surface area contributed by atoms with Crippen molar-refractivity contribution in [1.82, 2.24) is 4.90 Å². The van der Waals surface area contributed by atoms with Crippen LogP contribution in [0.1, 0.15) is 26.2 Å². The van der Waals surface area contributed by atoms with Crippen LogP contribution in [0, 0.1) is 0 Å². The molecule has 0 spiro atoms. The molecule has 0 aromatic heterocycles. The first-order chi connectivity index (χ1) is 10.9. The number of ether oxygens (including phenoxy) is 1. The van der Waals surface area contributed by atoms with E-state index in [4.69, 9.17) is 16.3 Å². The van der Waals surface area contributed by atoms with Crippen LogP contribution in [0.25, 0.3) is 0 Å². The van der Waals surface area contributed by atoms with Crippen LogP contribution in [0.2, 0.25) is 5.02 Å². The molecule has 1 unspecified atom stereocenters. The first kappa shape index (κ1) is 18.1. The largest absolute Gasteiger partial charge is 0.482 e. The molecule has 1 aromatic rings. The SMILES string of the molecule is CCCCN(C(=O)COc1ccccc1Cl)C1CCS(=O)(=O)C1. The van der Waals surface area contributed by atoms with E-state index in [0.717, 1.165) is 12.8 Å². The van der Waals surface area contributed by atoms with Crippen LogP contribution < -0.4 is 4.74 Å². The molecule has 1 heterocycles. The number of hydrogen-bond acceptors (Lipinski definition) is 4. The number of sulfone groups is 1. The van der Waals surface area contributed by atoms with E-state index in [1.165, 1.54) is 0 Å². The van der Waals surface area contributed by atoms with Gasteiger partial charge in [0.1, 0.15) is 5.75 Å².